The van der Waals surface area contributed by atoms with E-state index in [1.807, 2.05) is 0 Å². The van der Waals surface area contributed by atoms with Crippen LogP contribution in [0.5, 0.6) is 0 Å². The maximum Gasteiger partial charge on any atom is 0.164 e. The van der Waals surface area contributed by atoms with Gasteiger partial charge in [0.25, 0.3) is 0 Å². The largest absolute Gasteiger partial charge is 0.208 e. The molecule has 0 N–H and O–H groups in total. The number of aromatic nitrogens is 3. The van der Waals surface area contributed by atoms with Gasteiger partial charge in [-0.3, -0.25) is 0 Å². The van der Waals surface area contributed by atoms with E-state index < -0.39 is 23.8 Å². The molecule has 1 aromatic heterocycles. The second-order valence-corrected chi connectivity index (χ2v) is 21.6. The molecule has 0 atom stereocenters. The molecule has 9 aromatic carbocycles. The third-order valence-corrected chi connectivity index (χ3v) is 18.1. The van der Waals surface area contributed by atoms with Crippen molar-refractivity contribution in [3.8, 4) is 34.2 Å². The van der Waals surface area contributed by atoms with Gasteiger partial charge < -0.3 is 0 Å². The van der Waals surface area contributed by atoms with E-state index in [0.29, 0.717) is 17.5 Å². The lowest BCUT2D eigenvalue weighted by atomic mass is 10.1. The van der Waals surface area contributed by atoms with Crippen LogP contribution < -0.4 is 47.7 Å². The summed E-state index contributed by atoms with van der Waals surface area (Å²) < 4.78 is 0. The molecule has 0 amide bonds. The first-order valence-electron chi connectivity index (χ1n) is 21.0. The SMILES string of the molecule is c1ccc(P(c2ccccc2)c2cccc(-c3nc(-c4cccc(P(c5ccccc5)c5ccccc5)c4)nc(-c4cccc(P(c5ccccc5)c5ccccc5)c4)n3)c2)cc1. The van der Waals surface area contributed by atoms with Crippen LogP contribution in [0.1, 0.15) is 0 Å². The Morgan fingerprint density at radius 1 is 0.190 bits per heavy atom. The lowest BCUT2D eigenvalue weighted by Crippen LogP contribution is -2.21. The Kier molecular flexibility index (Phi) is 12.3. The van der Waals surface area contributed by atoms with E-state index in [0.717, 1.165) is 16.7 Å². The zero-order chi connectivity index (χ0) is 42.2. The first-order valence-corrected chi connectivity index (χ1v) is 25.1. The second-order valence-electron chi connectivity index (χ2n) is 15.0. The van der Waals surface area contributed by atoms with E-state index in [2.05, 4.69) is 255 Å². The molecule has 0 saturated heterocycles. The van der Waals surface area contributed by atoms with Crippen LogP contribution in [0.2, 0.25) is 0 Å². The predicted molar refractivity (Wildman–Crippen MR) is 272 cm³/mol. The minimum absolute atomic E-state index is 0.644. The van der Waals surface area contributed by atoms with Crippen LogP contribution in [0.25, 0.3) is 34.2 Å². The third kappa shape index (κ3) is 9.11. The minimum atomic E-state index is -0.835. The summed E-state index contributed by atoms with van der Waals surface area (Å²) in [6, 6.07) is 91.4. The summed E-state index contributed by atoms with van der Waals surface area (Å²) >= 11 is 0. The lowest BCUT2D eigenvalue weighted by Gasteiger charge is -2.21. The molecule has 0 aliphatic heterocycles. The van der Waals surface area contributed by atoms with Crippen LogP contribution in [0.15, 0.2) is 255 Å². The highest BCUT2D eigenvalue weighted by Crippen LogP contribution is 2.37. The molecule has 0 fully saturated rings. The highest BCUT2D eigenvalue weighted by atomic mass is 31.1. The molecule has 300 valence electrons. The van der Waals surface area contributed by atoms with Gasteiger partial charge in [0.15, 0.2) is 17.5 Å². The number of hydrogen-bond donors (Lipinski definition) is 0. The molecule has 6 heteroatoms. The van der Waals surface area contributed by atoms with Crippen molar-refractivity contribution >= 4 is 71.5 Å². The van der Waals surface area contributed by atoms with Gasteiger partial charge in [0, 0.05) is 16.7 Å². The van der Waals surface area contributed by atoms with E-state index in [1.54, 1.807) is 0 Å². The molecule has 1 heterocycles. The Labute approximate surface area is 373 Å². The summed E-state index contributed by atoms with van der Waals surface area (Å²) in [6.45, 7) is 0. The molecule has 63 heavy (non-hydrogen) atoms. The van der Waals surface area contributed by atoms with Crippen LogP contribution in [0.4, 0.5) is 0 Å². The summed E-state index contributed by atoms with van der Waals surface area (Å²) in [4.78, 5) is 16.0. The first-order chi connectivity index (χ1) is 31.2. The van der Waals surface area contributed by atoms with Crippen molar-refractivity contribution in [2.45, 2.75) is 0 Å². The summed E-state index contributed by atoms with van der Waals surface area (Å²) in [5.74, 6) is 1.93. The Bertz CT molecular complexity index is 2600. The van der Waals surface area contributed by atoms with E-state index in [1.165, 1.54) is 47.7 Å². The molecule has 0 unspecified atom stereocenters. The van der Waals surface area contributed by atoms with Gasteiger partial charge in [-0.05, 0) is 89.7 Å². The van der Waals surface area contributed by atoms with Gasteiger partial charge >= 0.3 is 0 Å². The Hall–Kier alpha value is -6.72. The van der Waals surface area contributed by atoms with E-state index in [-0.39, 0.29) is 0 Å². The van der Waals surface area contributed by atoms with Crippen LogP contribution in [0, 0.1) is 0 Å². The monoisotopic (exact) mass is 861 g/mol. The second kappa shape index (κ2) is 19.1. The quantitative estimate of drug-likeness (QED) is 0.115. The molecule has 3 nitrogen and oxygen atoms in total. The standard InChI is InChI=1S/C57H42N3P3/c1-7-25-46(26-8-1)61(47-27-9-2-10-28-47)52-37-19-22-43(40-52)55-58-56(44-23-20-38-53(41-44)62(48-29-11-3-12-30-48)49-31-13-4-14-32-49)60-57(59-55)45-24-21-39-54(42-45)63(50-33-15-5-16-34-50)51-35-17-6-18-36-51/h1-42H. The van der Waals surface area contributed by atoms with E-state index in [9.17, 15) is 0 Å². The van der Waals surface area contributed by atoms with Gasteiger partial charge in [0.1, 0.15) is 0 Å². The topological polar surface area (TPSA) is 38.7 Å². The van der Waals surface area contributed by atoms with Crippen molar-refractivity contribution < 1.29 is 0 Å². The molecular weight excluding hydrogens is 820 g/mol. The summed E-state index contributed by atoms with van der Waals surface area (Å²) in [7, 11) is -2.50. The zero-order valence-electron chi connectivity index (χ0n) is 34.4. The fourth-order valence-electron chi connectivity index (χ4n) is 7.92. The van der Waals surface area contributed by atoms with E-state index >= 15 is 0 Å². The van der Waals surface area contributed by atoms with Crippen LogP contribution in [-0.2, 0) is 0 Å². The number of rotatable bonds is 12. The van der Waals surface area contributed by atoms with Crippen molar-refractivity contribution in [1.82, 2.24) is 15.0 Å². The molecule has 10 aromatic rings. The Morgan fingerprint density at radius 2 is 0.381 bits per heavy atom. The molecule has 10 rings (SSSR count). The average molecular weight is 862 g/mol. The van der Waals surface area contributed by atoms with Crippen molar-refractivity contribution in [1.29, 1.82) is 0 Å². The summed E-state index contributed by atoms with van der Waals surface area (Å²) in [5.41, 5.74) is 2.86. The Balaban J connectivity index is 1.14. The molecule has 0 saturated carbocycles. The molecule has 0 bridgehead atoms. The smallest absolute Gasteiger partial charge is 0.164 e. The van der Waals surface area contributed by atoms with Gasteiger partial charge in [-0.1, -0.05) is 237 Å². The lowest BCUT2D eigenvalue weighted by molar-refractivity contribution is 1.07. The van der Waals surface area contributed by atoms with Crippen LogP contribution in [0.3, 0.4) is 0 Å². The number of benzene rings is 9. The van der Waals surface area contributed by atoms with Gasteiger partial charge in [0.2, 0.25) is 0 Å². The fourth-order valence-corrected chi connectivity index (χ4v) is 14.9. The van der Waals surface area contributed by atoms with Crippen molar-refractivity contribution in [3.05, 3.63) is 255 Å². The van der Waals surface area contributed by atoms with Crippen LogP contribution >= 0.6 is 23.8 Å². The van der Waals surface area contributed by atoms with Gasteiger partial charge in [-0.15, -0.1) is 0 Å². The molecule has 0 aliphatic rings. The molecule has 0 aliphatic carbocycles. The normalized spacial score (nSPS) is 11.3. The average Bonchev–Trinajstić information content (AvgIpc) is 3.36. The summed E-state index contributed by atoms with van der Waals surface area (Å²) in [6.07, 6.45) is 0. The molecule has 0 spiro atoms. The molecule has 0 radical (unpaired) electrons. The van der Waals surface area contributed by atoms with Crippen molar-refractivity contribution in [3.63, 3.8) is 0 Å². The maximum absolute atomic E-state index is 5.34. The zero-order valence-corrected chi connectivity index (χ0v) is 37.1. The maximum atomic E-state index is 5.34. The molecular formula is C57H42N3P3. The van der Waals surface area contributed by atoms with E-state index in [4.69, 9.17) is 15.0 Å². The highest BCUT2D eigenvalue weighted by Gasteiger charge is 2.22. The predicted octanol–water partition coefficient (Wildman–Crippen LogP) is 10.1. The fraction of sp³-hybridized carbons (Fsp3) is 0. The first kappa shape index (κ1) is 40.4. The third-order valence-electron chi connectivity index (χ3n) is 10.8. The van der Waals surface area contributed by atoms with Gasteiger partial charge in [-0.25, -0.2) is 15.0 Å². The summed E-state index contributed by atoms with van der Waals surface area (Å²) in [5, 5.41) is 11.5. The highest BCUT2D eigenvalue weighted by molar-refractivity contribution is 7.80. The number of hydrogen-bond acceptors (Lipinski definition) is 3. The number of nitrogens with zero attached hydrogens (tertiary/aromatic N) is 3. The van der Waals surface area contributed by atoms with Gasteiger partial charge in [-0.2, -0.15) is 0 Å². The Morgan fingerprint density at radius 3 is 0.587 bits per heavy atom. The van der Waals surface area contributed by atoms with Crippen LogP contribution in [-0.4, -0.2) is 15.0 Å². The van der Waals surface area contributed by atoms with Crippen molar-refractivity contribution in [2.75, 3.05) is 0 Å². The minimum Gasteiger partial charge on any atom is -0.208 e. The van der Waals surface area contributed by atoms with Gasteiger partial charge in [0.05, 0.1) is 0 Å². The van der Waals surface area contributed by atoms with Crippen molar-refractivity contribution in [2.24, 2.45) is 0 Å².